The van der Waals surface area contributed by atoms with Gasteiger partial charge in [-0.2, -0.15) is 9.61 Å². The molecule has 0 radical (unpaired) electrons. The summed E-state index contributed by atoms with van der Waals surface area (Å²) >= 11 is 7.43. The van der Waals surface area contributed by atoms with Crippen molar-refractivity contribution >= 4 is 37.9 Å². The molecule has 0 fully saturated rings. The number of sulfonamides is 1. The molecule has 2 heterocycles. The minimum absolute atomic E-state index is 0.103. The number of nitrogens with one attached hydrogen (secondary N) is 1. The second kappa shape index (κ2) is 6.20. The van der Waals surface area contributed by atoms with Crippen LogP contribution in [0.1, 0.15) is 23.2 Å². The zero-order chi connectivity index (χ0) is 16.6. The molecule has 23 heavy (non-hydrogen) atoms. The SMILES string of the molecule is CCc1nc2sc(C)nn2c1S(=O)(=O)NCc1ccccc1Cl. The third kappa shape index (κ3) is 3.12. The highest BCUT2D eigenvalue weighted by Gasteiger charge is 2.26. The first-order chi connectivity index (χ1) is 10.9. The minimum Gasteiger partial charge on any atom is -0.221 e. The van der Waals surface area contributed by atoms with Gasteiger partial charge in [-0.05, 0) is 25.0 Å². The van der Waals surface area contributed by atoms with Crippen molar-refractivity contribution in [2.45, 2.75) is 31.8 Å². The fourth-order valence-electron chi connectivity index (χ4n) is 2.25. The summed E-state index contributed by atoms with van der Waals surface area (Å²) < 4.78 is 29.4. The van der Waals surface area contributed by atoms with Crippen molar-refractivity contribution in [3.8, 4) is 0 Å². The van der Waals surface area contributed by atoms with Crippen LogP contribution in [-0.2, 0) is 23.0 Å². The molecule has 3 aromatic rings. The summed E-state index contributed by atoms with van der Waals surface area (Å²) in [5.41, 5.74) is 1.22. The molecule has 9 heteroatoms. The van der Waals surface area contributed by atoms with Gasteiger partial charge in [-0.15, -0.1) is 0 Å². The summed E-state index contributed by atoms with van der Waals surface area (Å²) in [6.45, 7) is 3.80. The Kier molecular flexibility index (Phi) is 4.41. The van der Waals surface area contributed by atoms with Gasteiger partial charge in [0.1, 0.15) is 5.01 Å². The van der Waals surface area contributed by atoms with Crippen molar-refractivity contribution in [1.82, 2.24) is 19.3 Å². The Bertz CT molecular complexity index is 962. The summed E-state index contributed by atoms with van der Waals surface area (Å²) in [5, 5.41) is 5.63. The normalized spacial score (nSPS) is 12.1. The first-order valence-electron chi connectivity index (χ1n) is 7.00. The van der Waals surface area contributed by atoms with E-state index >= 15 is 0 Å². The molecule has 2 aromatic heterocycles. The Hall–Kier alpha value is -1.48. The van der Waals surface area contributed by atoms with Crippen LogP contribution in [0.2, 0.25) is 5.02 Å². The van der Waals surface area contributed by atoms with Gasteiger partial charge < -0.3 is 0 Å². The number of hydrogen-bond acceptors (Lipinski definition) is 5. The van der Waals surface area contributed by atoms with Crippen LogP contribution in [0.25, 0.3) is 4.96 Å². The third-order valence-electron chi connectivity index (χ3n) is 3.33. The van der Waals surface area contributed by atoms with Gasteiger partial charge in [0.15, 0.2) is 5.03 Å². The maximum absolute atomic E-state index is 12.7. The fourth-order valence-corrected chi connectivity index (χ4v) is 4.61. The molecular weight excluding hydrogens is 356 g/mol. The van der Waals surface area contributed by atoms with Crippen LogP contribution < -0.4 is 4.72 Å². The van der Waals surface area contributed by atoms with Gasteiger partial charge in [-0.25, -0.2) is 18.1 Å². The third-order valence-corrected chi connectivity index (χ3v) is 5.97. The van der Waals surface area contributed by atoms with Crippen LogP contribution in [0.5, 0.6) is 0 Å². The summed E-state index contributed by atoms with van der Waals surface area (Å²) in [6.07, 6.45) is 0.511. The van der Waals surface area contributed by atoms with Crippen LogP contribution in [0.3, 0.4) is 0 Å². The lowest BCUT2D eigenvalue weighted by Crippen LogP contribution is -2.26. The highest BCUT2D eigenvalue weighted by atomic mass is 35.5. The number of imidazole rings is 1. The molecule has 0 aliphatic rings. The topological polar surface area (TPSA) is 76.4 Å². The van der Waals surface area contributed by atoms with E-state index in [-0.39, 0.29) is 11.6 Å². The van der Waals surface area contributed by atoms with E-state index in [0.29, 0.717) is 27.7 Å². The quantitative estimate of drug-likeness (QED) is 0.749. The van der Waals surface area contributed by atoms with Crippen LogP contribution in [0.15, 0.2) is 29.3 Å². The number of aryl methyl sites for hydroxylation is 2. The van der Waals surface area contributed by atoms with Gasteiger partial charge in [0.05, 0.1) is 5.69 Å². The first kappa shape index (κ1) is 16.4. The monoisotopic (exact) mass is 370 g/mol. The van der Waals surface area contributed by atoms with Crippen molar-refractivity contribution in [1.29, 1.82) is 0 Å². The van der Waals surface area contributed by atoms with E-state index in [0.717, 1.165) is 5.01 Å². The largest absolute Gasteiger partial charge is 0.260 e. The Labute approximate surface area is 143 Å². The van der Waals surface area contributed by atoms with Gasteiger partial charge >= 0.3 is 0 Å². The first-order valence-corrected chi connectivity index (χ1v) is 9.68. The molecule has 0 saturated carbocycles. The maximum Gasteiger partial charge on any atom is 0.260 e. The lowest BCUT2D eigenvalue weighted by molar-refractivity contribution is 0.571. The van der Waals surface area contributed by atoms with Crippen LogP contribution in [-0.4, -0.2) is 23.0 Å². The molecule has 122 valence electrons. The van der Waals surface area contributed by atoms with Crippen molar-refractivity contribution in [2.24, 2.45) is 0 Å². The average molecular weight is 371 g/mol. The van der Waals surface area contributed by atoms with E-state index in [2.05, 4.69) is 14.8 Å². The highest BCUT2D eigenvalue weighted by molar-refractivity contribution is 7.89. The molecule has 0 spiro atoms. The zero-order valence-corrected chi connectivity index (χ0v) is 15.0. The Morgan fingerprint density at radius 2 is 2.09 bits per heavy atom. The number of rotatable bonds is 5. The van der Waals surface area contributed by atoms with Gasteiger partial charge in [0.25, 0.3) is 10.0 Å². The second-order valence-corrected chi connectivity index (χ2v) is 8.20. The summed E-state index contributed by atoms with van der Waals surface area (Å²) in [6, 6.07) is 7.12. The van der Waals surface area contributed by atoms with E-state index in [1.54, 1.807) is 18.2 Å². The van der Waals surface area contributed by atoms with Crippen molar-refractivity contribution in [2.75, 3.05) is 0 Å². The average Bonchev–Trinajstić information content (AvgIpc) is 3.01. The van der Waals surface area contributed by atoms with Crippen molar-refractivity contribution in [3.05, 3.63) is 45.6 Å². The lowest BCUT2D eigenvalue weighted by atomic mass is 10.2. The van der Waals surface area contributed by atoms with E-state index < -0.39 is 10.0 Å². The van der Waals surface area contributed by atoms with E-state index in [9.17, 15) is 8.42 Å². The molecule has 0 saturated heterocycles. The highest BCUT2D eigenvalue weighted by Crippen LogP contribution is 2.23. The molecule has 0 aliphatic carbocycles. The molecule has 3 rings (SSSR count). The standard InChI is InChI=1S/C14H15ClN4O2S2/c1-3-12-13(19-14(17-12)22-9(2)18-19)23(20,21)16-8-10-6-4-5-7-11(10)15/h4-7,16H,3,8H2,1-2H3. The number of benzene rings is 1. The summed E-state index contributed by atoms with van der Waals surface area (Å²) in [7, 11) is -3.75. The summed E-state index contributed by atoms with van der Waals surface area (Å²) in [5.74, 6) is 0. The maximum atomic E-state index is 12.7. The van der Waals surface area contributed by atoms with E-state index in [1.807, 2.05) is 19.9 Å². The zero-order valence-electron chi connectivity index (χ0n) is 12.6. The number of aromatic nitrogens is 3. The van der Waals surface area contributed by atoms with Gasteiger partial charge in [0.2, 0.25) is 4.96 Å². The molecule has 0 amide bonds. The number of nitrogens with zero attached hydrogens (tertiary/aromatic N) is 3. The molecule has 0 unspecified atom stereocenters. The Balaban J connectivity index is 1.98. The molecule has 1 aromatic carbocycles. The Morgan fingerprint density at radius 1 is 1.35 bits per heavy atom. The molecule has 6 nitrogen and oxygen atoms in total. The predicted molar refractivity (Wildman–Crippen MR) is 90.5 cm³/mol. The smallest absolute Gasteiger partial charge is 0.221 e. The van der Waals surface area contributed by atoms with Crippen molar-refractivity contribution in [3.63, 3.8) is 0 Å². The minimum atomic E-state index is -3.75. The predicted octanol–water partition coefficient (Wildman–Crippen LogP) is 2.79. The molecular formula is C14H15ClN4O2S2. The number of halogens is 1. The van der Waals surface area contributed by atoms with Crippen LogP contribution >= 0.6 is 22.9 Å². The fraction of sp³-hybridized carbons (Fsp3) is 0.286. The molecule has 0 atom stereocenters. The Morgan fingerprint density at radius 3 is 2.78 bits per heavy atom. The van der Waals surface area contributed by atoms with E-state index in [1.165, 1.54) is 15.9 Å². The van der Waals surface area contributed by atoms with Crippen LogP contribution in [0.4, 0.5) is 0 Å². The summed E-state index contributed by atoms with van der Waals surface area (Å²) in [4.78, 5) is 4.95. The van der Waals surface area contributed by atoms with Crippen LogP contribution in [0, 0.1) is 6.92 Å². The second-order valence-electron chi connectivity index (χ2n) is 4.95. The van der Waals surface area contributed by atoms with Gasteiger partial charge in [-0.3, -0.25) is 0 Å². The van der Waals surface area contributed by atoms with Gasteiger partial charge in [-0.1, -0.05) is 48.1 Å². The molecule has 1 N–H and O–H groups in total. The van der Waals surface area contributed by atoms with E-state index in [4.69, 9.17) is 11.6 Å². The van der Waals surface area contributed by atoms with Crippen molar-refractivity contribution < 1.29 is 8.42 Å². The lowest BCUT2D eigenvalue weighted by Gasteiger charge is -2.08. The molecule has 0 bridgehead atoms. The molecule has 0 aliphatic heterocycles. The van der Waals surface area contributed by atoms with Gasteiger partial charge in [0, 0.05) is 11.6 Å². The number of fused-ring (bicyclic) bond motifs is 1. The number of hydrogen-bond donors (Lipinski definition) is 1.